The summed E-state index contributed by atoms with van der Waals surface area (Å²) in [6.45, 7) is -0.295. The van der Waals surface area contributed by atoms with E-state index < -0.39 is 18.4 Å². The van der Waals surface area contributed by atoms with E-state index >= 15 is 0 Å². The number of aliphatic hydroxyl groups excluding tert-OH is 1. The lowest BCUT2D eigenvalue weighted by molar-refractivity contribution is -0.137. The number of rotatable bonds is 4. The molecule has 0 aromatic heterocycles. The van der Waals surface area contributed by atoms with Crippen molar-refractivity contribution in [2.45, 2.75) is 19.1 Å². The van der Waals surface area contributed by atoms with Crippen molar-refractivity contribution in [1.82, 2.24) is 4.90 Å². The first-order chi connectivity index (χ1) is 9.30. The summed E-state index contributed by atoms with van der Waals surface area (Å²) in [6, 6.07) is 4.06. The number of aliphatic hydroxyl groups is 1. The lowest BCUT2D eigenvalue weighted by Gasteiger charge is -2.17. The van der Waals surface area contributed by atoms with Crippen LogP contribution < -0.4 is 0 Å². The quantitative estimate of drug-likeness (QED) is 0.680. The van der Waals surface area contributed by atoms with Crippen LogP contribution in [-0.4, -0.2) is 36.4 Å². The molecular weight excluding hydrogens is 274 g/mol. The Morgan fingerprint density at radius 2 is 1.95 bits per heavy atom. The van der Waals surface area contributed by atoms with Crippen molar-refractivity contribution in [1.29, 1.82) is 0 Å². The van der Waals surface area contributed by atoms with Crippen LogP contribution >= 0.6 is 0 Å². The van der Waals surface area contributed by atoms with Gasteiger partial charge in [0.1, 0.15) is 12.4 Å². The van der Waals surface area contributed by atoms with Crippen LogP contribution in [-0.2, 0) is 6.54 Å². The van der Waals surface area contributed by atoms with E-state index in [9.17, 15) is 17.6 Å². The first kappa shape index (κ1) is 16.5. The predicted molar refractivity (Wildman–Crippen MR) is 67.4 cm³/mol. The number of halogens is 4. The van der Waals surface area contributed by atoms with Crippen LogP contribution in [0, 0.1) is 17.7 Å². The first-order valence-corrected chi connectivity index (χ1v) is 5.94. The highest BCUT2D eigenvalue weighted by Crippen LogP contribution is 2.20. The van der Waals surface area contributed by atoms with Gasteiger partial charge in [0.05, 0.1) is 6.42 Å². The highest BCUT2D eigenvalue weighted by molar-refractivity contribution is 5.37. The molecule has 0 saturated carbocycles. The molecule has 0 spiro atoms. The third kappa shape index (κ3) is 6.55. The molecule has 1 aromatic rings. The van der Waals surface area contributed by atoms with Gasteiger partial charge in [-0.2, -0.15) is 13.2 Å². The molecule has 0 aliphatic heterocycles. The fraction of sp³-hybridized carbons (Fsp3) is 0.429. The average molecular weight is 289 g/mol. The molecule has 20 heavy (non-hydrogen) atoms. The van der Waals surface area contributed by atoms with E-state index in [0.717, 1.165) is 0 Å². The van der Waals surface area contributed by atoms with Gasteiger partial charge in [-0.25, -0.2) is 4.39 Å². The monoisotopic (exact) mass is 289 g/mol. The maximum absolute atomic E-state index is 13.4. The molecule has 0 heterocycles. The van der Waals surface area contributed by atoms with Crippen molar-refractivity contribution in [3.63, 3.8) is 0 Å². The van der Waals surface area contributed by atoms with E-state index in [1.807, 2.05) is 0 Å². The predicted octanol–water partition coefficient (Wildman–Crippen LogP) is 2.55. The number of hydrogen-bond acceptors (Lipinski definition) is 2. The Labute approximate surface area is 115 Å². The Hall–Kier alpha value is -1.58. The van der Waals surface area contributed by atoms with Gasteiger partial charge in [-0.05, 0) is 30.8 Å². The maximum atomic E-state index is 13.4. The van der Waals surface area contributed by atoms with Crippen molar-refractivity contribution in [3.8, 4) is 11.8 Å². The molecule has 0 radical (unpaired) electrons. The van der Waals surface area contributed by atoms with Crippen LogP contribution in [0.3, 0.4) is 0 Å². The Morgan fingerprint density at radius 1 is 1.25 bits per heavy atom. The van der Waals surface area contributed by atoms with E-state index in [2.05, 4.69) is 11.8 Å². The molecule has 110 valence electrons. The van der Waals surface area contributed by atoms with Gasteiger partial charge < -0.3 is 10.0 Å². The minimum absolute atomic E-state index is 0.155. The lowest BCUT2D eigenvalue weighted by Crippen LogP contribution is -2.24. The molecule has 1 aromatic carbocycles. The van der Waals surface area contributed by atoms with E-state index in [1.54, 1.807) is 6.07 Å². The van der Waals surface area contributed by atoms with Crippen molar-refractivity contribution in [3.05, 3.63) is 35.1 Å². The van der Waals surface area contributed by atoms with Crippen molar-refractivity contribution >= 4 is 0 Å². The minimum Gasteiger partial charge on any atom is -0.384 e. The third-order valence-electron chi connectivity index (χ3n) is 2.50. The topological polar surface area (TPSA) is 23.5 Å². The molecule has 0 bridgehead atoms. The van der Waals surface area contributed by atoms with E-state index in [-0.39, 0.29) is 19.7 Å². The Balaban J connectivity index is 2.69. The van der Waals surface area contributed by atoms with E-state index in [0.29, 0.717) is 11.1 Å². The molecule has 0 unspecified atom stereocenters. The van der Waals surface area contributed by atoms with Crippen LogP contribution in [0.4, 0.5) is 17.6 Å². The van der Waals surface area contributed by atoms with Crippen LogP contribution in [0.25, 0.3) is 0 Å². The molecule has 0 atom stereocenters. The summed E-state index contributed by atoms with van der Waals surface area (Å²) in [5, 5.41) is 8.58. The summed E-state index contributed by atoms with van der Waals surface area (Å²) >= 11 is 0. The largest absolute Gasteiger partial charge is 0.390 e. The van der Waals surface area contributed by atoms with Crippen LogP contribution in [0.15, 0.2) is 18.2 Å². The fourth-order valence-corrected chi connectivity index (χ4v) is 1.66. The summed E-state index contributed by atoms with van der Waals surface area (Å²) < 4.78 is 49.6. The molecule has 0 saturated heterocycles. The first-order valence-electron chi connectivity index (χ1n) is 5.94. The number of nitrogens with zero attached hydrogens (tertiary/aromatic N) is 1. The summed E-state index contributed by atoms with van der Waals surface area (Å²) in [5.41, 5.74) is 0.926. The van der Waals surface area contributed by atoms with Gasteiger partial charge in [0.25, 0.3) is 0 Å². The van der Waals surface area contributed by atoms with Crippen molar-refractivity contribution in [2.75, 3.05) is 20.2 Å². The molecule has 1 N–H and O–H groups in total. The van der Waals surface area contributed by atoms with Crippen LogP contribution in [0.1, 0.15) is 17.5 Å². The molecule has 1 rings (SSSR count). The summed E-state index contributed by atoms with van der Waals surface area (Å²) in [6.07, 6.45) is -5.11. The fourth-order valence-electron chi connectivity index (χ4n) is 1.66. The van der Waals surface area contributed by atoms with Gasteiger partial charge in [-0.3, -0.25) is 0 Å². The molecular formula is C14H15F4NO. The lowest BCUT2D eigenvalue weighted by atomic mass is 10.1. The summed E-state index contributed by atoms with van der Waals surface area (Å²) in [7, 11) is 1.54. The molecule has 0 fully saturated rings. The van der Waals surface area contributed by atoms with Crippen molar-refractivity contribution in [2.24, 2.45) is 0 Å². The number of hydrogen-bond donors (Lipinski definition) is 1. The Morgan fingerprint density at radius 3 is 2.55 bits per heavy atom. The minimum atomic E-state index is -4.20. The average Bonchev–Trinajstić information content (AvgIpc) is 2.32. The second-order valence-electron chi connectivity index (χ2n) is 4.41. The maximum Gasteiger partial charge on any atom is 0.390 e. The highest BCUT2D eigenvalue weighted by Gasteiger charge is 2.27. The highest BCUT2D eigenvalue weighted by atomic mass is 19.4. The van der Waals surface area contributed by atoms with Crippen LogP contribution in [0.5, 0.6) is 0 Å². The molecule has 6 heteroatoms. The molecule has 0 aliphatic carbocycles. The molecule has 0 aliphatic rings. The van der Waals surface area contributed by atoms with Gasteiger partial charge >= 0.3 is 6.18 Å². The second kappa shape index (κ2) is 7.27. The van der Waals surface area contributed by atoms with Gasteiger partial charge in [0.2, 0.25) is 0 Å². The Kier molecular flexibility index (Phi) is 5.99. The van der Waals surface area contributed by atoms with Crippen molar-refractivity contribution < 1.29 is 22.7 Å². The number of alkyl halides is 3. The second-order valence-corrected chi connectivity index (χ2v) is 4.41. The van der Waals surface area contributed by atoms with Crippen LogP contribution in [0.2, 0.25) is 0 Å². The number of benzene rings is 1. The standard InChI is InChI=1S/C14H15F4NO/c1-19(5-4-14(16,17)18)10-12-7-11(3-2-6-20)8-13(15)9-12/h7-9,20H,4-6,10H2,1H3. The van der Waals surface area contributed by atoms with E-state index in [4.69, 9.17) is 5.11 Å². The smallest absolute Gasteiger partial charge is 0.384 e. The third-order valence-corrected chi connectivity index (χ3v) is 2.50. The zero-order valence-corrected chi connectivity index (χ0v) is 11.0. The summed E-state index contributed by atoms with van der Waals surface area (Å²) in [5.74, 6) is 4.45. The molecule has 0 amide bonds. The summed E-state index contributed by atoms with van der Waals surface area (Å²) in [4.78, 5) is 1.46. The molecule has 2 nitrogen and oxygen atoms in total. The SMILES string of the molecule is CN(CCC(F)(F)F)Cc1cc(F)cc(C#CCO)c1. The van der Waals surface area contributed by atoms with Gasteiger partial charge in [0, 0.05) is 18.7 Å². The van der Waals surface area contributed by atoms with E-state index in [1.165, 1.54) is 24.1 Å². The van der Waals surface area contributed by atoms with Gasteiger partial charge in [0.15, 0.2) is 0 Å². The zero-order chi connectivity index (χ0) is 15.2. The normalized spacial score (nSPS) is 11.3. The zero-order valence-electron chi connectivity index (χ0n) is 11.0. The van der Waals surface area contributed by atoms with Gasteiger partial charge in [-0.1, -0.05) is 11.8 Å². The Bertz CT molecular complexity index is 502. The van der Waals surface area contributed by atoms with Gasteiger partial charge in [-0.15, -0.1) is 0 Å².